The van der Waals surface area contributed by atoms with Gasteiger partial charge in [0.1, 0.15) is 25.1 Å². The van der Waals surface area contributed by atoms with Gasteiger partial charge in [0.15, 0.2) is 11.4 Å². The molecule has 0 spiro atoms. The van der Waals surface area contributed by atoms with Gasteiger partial charge in [-0.1, -0.05) is 55.5 Å². The van der Waals surface area contributed by atoms with Crippen molar-refractivity contribution in [3.05, 3.63) is 106 Å². The van der Waals surface area contributed by atoms with E-state index < -0.39 is 11.2 Å². The van der Waals surface area contributed by atoms with E-state index in [1.165, 1.54) is 6.07 Å². The molecule has 2 bridgehead atoms. The number of carbonyl (C=O) groups is 1. The van der Waals surface area contributed by atoms with Crippen LogP contribution in [-0.2, 0) is 0 Å². The molecule has 0 saturated carbocycles. The first-order valence-electron chi connectivity index (χ1n) is 11.5. The number of rotatable bonds is 2. The molecular weight excluding hydrogens is 430 g/mol. The molecule has 1 N–H and O–H groups in total. The minimum Gasteiger partial charge on any atom is -0.502 e. The van der Waals surface area contributed by atoms with Crippen LogP contribution in [0.15, 0.2) is 77.7 Å². The second-order valence-corrected chi connectivity index (χ2v) is 8.65. The number of benzene rings is 2. The normalized spacial score (nSPS) is 20.6. The lowest BCUT2D eigenvalue weighted by Gasteiger charge is -2.45. The predicted octanol–water partition coefficient (Wildman–Crippen LogP) is 3.73. The number of fused-ring (bicyclic) bond motifs is 5. The molecule has 2 atom stereocenters. The first-order valence-corrected chi connectivity index (χ1v) is 11.5. The van der Waals surface area contributed by atoms with Crippen molar-refractivity contribution in [2.24, 2.45) is 0 Å². The fourth-order valence-corrected chi connectivity index (χ4v) is 4.77. The molecule has 2 unspecified atom stereocenters. The van der Waals surface area contributed by atoms with Gasteiger partial charge in [0.25, 0.3) is 5.91 Å². The quantitative estimate of drug-likeness (QED) is 0.594. The van der Waals surface area contributed by atoms with Crippen LogP contribution in [-0.4, -0.2) is 39.9 Å². The van der Waals surface area contributed by atoms with Crippen LogP contribution in [0.1, 0.15) is 46.6 Å². The third kappa shape index (κ3) is 3.63. The van der Waals surface area contributed by atoms with E-state index >= 15 is 0 Å². The highest BCUT2D eigenvalue weighted by Crippen LogP contribution is 2.38. The maximum Gasteiger partial charge on any atom is 0.278 e. The summed E-state index contributed by atoms with van der Waals surface area (Å²) in [5.41, 5.74) is 2.40. The van der Waals surface area contributed by atoms with E-state index in [0.717, 1.165) is 22.4 Å². The van der Waals surface area contributed by atoms with Gasteiger partial charge in [-0.25, -0.2) is 0 Å². The third-order valence-electron chi connectivity index (χ3n) is 6.48. The minimum absolute atomic E-state index is 0.0274. The standard InChI is InChI=1S/C27H27N3O4/c1-3-20-10-7-15-34-23-16-18(2)11-12-21(23)24(19-8-5-4-6-9-19)30-17-28(20)27(33)25-26(32)22(31)13-14-29(25)30/h4-14,16,20,24,32H,3,15,17H2,1-2H3/b10-7+. The van der Waals surface area contributed by atoms with Crippen LogP contribution in [0.2, 0.25) is 0 Å². The minimum atomic E-state index is -0.579. The summed E-state index contributed by atoms with van der Waals surface area (Å²) in [5, 5.41) is 12.7. The summed E-state index contributed by atoms with van der Waals surface area (Å²) in [7, 11) is 0. The topological polar surface area (TPSA) is 75.0 Å². The van der Waals surface area contributed by atoms with Crippen molar-refractivity contribution in [2.45, 2.75) is 32.4 Å². The monoisotopic (exact) mass is 457 g/mol. The lowest BCUT2D eigenvalue weighted by Crippen LogP contribution is -2.57. The SMILES string of the molecule is CCC1/C=C/COc2cc(C)ccc2C(c2ccccc2)N2CN1C(=O)c1c(O)c(=O)ccn12. The Morgan fingerprint density at radius 3 is 2.65 bits per heavy atom. The van der Waals surface area contributed by atoms with Crippen LogP contribution >= 0.6 is 0 Å². The van der Waals surface area contributed by atoms with Crippen LogP contribution in [0.25, 0.3) is 0 Å². The average Bonchev–Trinajstić information content (AvgIpc) is 2.87. The number of amides is 1. The van der Waals surface area contributed by atoms with Gasteiger partial charge in [0.05, 0.1) is 6.04 Å². The summed E-state index contributed by atoms with van der Waals surface area (Å²) >= 11 is 0. The molecule has 2 aliphatic rings. The van der Waals surface area contributed by atoms with Gasteiger partial charge in [-0.05, 0) is 36.6 Å². The Morgan fingerprint density at radius 1 is 1.09 bits per heavy atom. The Labute approximate surface area is 198 Å². The molecule has 174 valence electrons. The fraction of sp³-hybridized carbons (Fsp3) is 0.259. The predicted molar refractivity (Wildman–Crippen MR) is 130 cm³/mol. The molecule has 1 amide bonds. The van der Waals surface area contributed by atoms with E-state index in [4.69, 9.17) is 4.74 Å². The highest BCUT2D eigenvalue weighted by atomic mass is 16.5. The highest BCUT2D eigenvalue weighted by Gasteiger charge is 2.39. The number of nitrogens with zero attached hydrogens (tertiary/aromatic N) is 3. The zero-order valence-electron chi connectivity index (χ0n) is 19.2. The third-order valence-corrected chi connectivity index (χ3v) is 6.48. The number of hydrogen-bond donors (Lipinski definition) is 1. The second kappa shape index (κ2) is 8.74. The number of ether oxygens (including phenoxy) is 1. The van der Waals surface area contributed by atoms with Gasteiger partial charge in [-0.15, -0.1) is 0 Å². The Kier molecular flexibility index (Phi) is 5.61. The molecule has 1 aromatic heterocycles. The summed E-state index contributed by atoms with van der Waals surface area (Å²) in [6, 6.07) is 16.8. The summed E-state index contributed by atoms with van der Waals surface area (Å²) in [5.74, 6) is -0.161. The van der Waals surface area contributed by atoms with Gasteiger partial charge < -0.3 is 14.7 Å². The van der Waals surface area contributed by atoms with E-state index in [0.29, 0.717) is 13.0 Å². The average molecular weight is 458 g/mol. The smallest absolute Gasteiger partial charge is 0.278 e. The molecule has 3 aromatic rings. The van der Waals surface area contributed by atoms with Gasteiger partial charge in [-0.2, -0.15) is 0 Å². The second-order valence-electron chi connectivity index (χ2n) is 8.65. The molecular formula is C27H27N3O4. The van der Waals surface area contributed by atoms with E-state index in [2.05, 4.69) is 0 Å². The molecule has 3 heterocycles. The van der Waals surface area contributed by atoms with E-state index in [1.807, 2.05) is 79.5 Å². The lowest BCUT2D eigenvalue weighted by molar-refractivity contribution is 0.0626. The fourth-order valence-electron chi connectivity index (χ4n) is 4.77. The Morgan fingerprint density at radius 2 is 1.88 bits per heavy atom. The van der Waals surface area contributed by atoms with Gasteiger partial charge in [0, 0.05) is 17.8 Å². The van der Waals surface area contributed by atoms with Crippen LogP contribution in [0.5, 0.6) is 11.5 Å². The Balaban J connectivity index is 1.82. The largest absolute Gasteiger partial charge is 0.502 e. The number of aryl methyl sites for hydroxylation is 1. The lowest BCUT2D eigenvalue weighted by atomic mass is 9.96. The van der Waals surface area contributed by atoms with Crippen molar-refractivity contribution in [1.82, 2.24) is 9.58 Å². The first kappa shape index (κ1) is 21.8. The Hall–Kier alpha value is -4.00. The molecule has 0 aliphatic carbocycles. The summed E-state index contributed by atoms with van der Waals surface area (Å²) in [4.78, 5) is 27.6. The van der Waals surface area contributed by atoms with Gasteiger partial charge >= 0.3 is 0 Å². The molecule has 7 heteroatoms. The van der Waals surface area contributed by atoms with Crippen molar-refractivity contribution < 1.29 is 14.6 Å². The molecule has 2 aliphatic heterocycles. The molecule has 0 radical (unpaired) electrons. The zero-order chi connectivity index (χ0) is 23.8. The number of aromatic nitrogens is 1. The van der Waals surface area contributed by atoms with Gasteiger partial charge in [-0.3, -0.25) is 19.3 Å². The van der Waals surface area contributed by atoms with E-state index in [1.54, 1.807) is 15.8 Å². The van der Waals surface area contributed by atoms with E-state index in [9.17, 15) is 14.7 Å². The van der Waals surface area contributed by atoms with Crippen molar-refractivity contribution in [1.29, 1.82) is 0 Å². The van der Waals surface area contributed by atoms with Crippen LogP contribution in [0.4, 0.5) is 0 Å². The van der Waals surface area contributed by atoms with Crippen LogP contribution in [0.3, 0.4) is 0 Å². The molecule has 0 fully saturated rings. The molecule has 7 nitrogen and oxygen atoms in total. The number of hydrogen-bond acceptors (Lipinski definition) is 5. The summed E-state index contributed by atoms with van der Waals surface area (Å²) < 4.78 is 7.84. The first-order chi connectivity index (χ1) is 16.5. The van der Waals surface area contributed by atoms with Crippen molar-refractivity contribution in [3.8, 4) is 11.5 Å². The van der Waals surface area contributed by atoms with Crippen LogP contribution in [0, 0.1) is 6.92 Å². The highest BCUT2D eigenvalue weighted by molar-refractivity contribution is 5.96. The number of aromatic hydroxyl groups is 1. The maximum atomic E-state index is 13.6. The van der Waals surface area contributed by atoms with Crippen LogP contribution < -0.4 is 15.2 Å². The number of carbonyl (C=O) groups excluding carboxylic acids is 1. The molecule has 2 aromatic carbocycles. The maximum absolute atomic E-state index is 13.6. The molecule has 34 heavy (non-hydrogen) atoms. The summed E-state index contributed by atoms with van der Waals surface area (Å²) in [6.07, 6.45) is 6.12. The molecule has 0 saturated heterocycles. The molecule has 5 rings (SSSR count). The van der Waals surface area contributed by atoms with E-state index in [-0.39, 0.29) is 30.4 Å². The van der Waals surface area contributed by atoms with Crippen molar-refractivity contribution in [3.63, 3.8) is 0 Å². The van der Waals surface area contributed by atoms with Crippen molar-refractivity contribution >= 4 is 5.91 Å². The zero-order valence-corrected chi connectivity index (χ0v) is 19.2. The Bertz CT molecular complexity index is 1320. The number of pyridine rings is 1. The van der Waals surface area contributed by atoms with Gasteiger partial charge in [0.2, 0.25) is 5.43 Å². The van der Waals surface area contributed by atoms with Crippen molar-refractivity contribution in [2.75, 3.05) is 18.3 Å². The summed E-state index contributed by atoms with van der Waals surface area (Å²) in [6.45, 7) is 4.66.